The molecule has 2 aromatic heterocycles. The van der Waals surface area contributed by atoms with Gasteiger partial charge in [0.1, 0.15) is 18.7 Å². The standard InChI is InChI=1S/C30H32ClN7O5/c1-36-26(20-4-2-19(3-5-20)16-43-29(32)40)24-25(35-36)28(39)38(18-34-24)17-30(41)8-11-37(12-9-30)15-22-7-6-21(14-23(22)31)27-33-10-13-42-27/h2-7,14,18,41H,8-13,15-17H2,1H3,(H2,32,40). The largest absolute Gasteiger partial charge is 0.476 e. The van der Waals surface area contributed by atoms with Crippen LogP contribution in [0.25, 0.3) is 22.3 Å². The lowest BCUT2D eigenvalue weighted by atomic mass is 9.91. The van der Waals surface area contributed by atoms with Gasteiger partial charge >= 0.3 is 6.09 Å². The van der Waals surface area contributed by atoms with Gasteiger partial charge in [0.15, 0.2) is 5.52 Å². The molecule has 4 aromatic rings. The highest BCUT2D eigenvalue weighted by Gasteiger charge is 2.33. The van der Waals surface area contributed by atoms with Crippen LogP contribution in [0.3, 0.4) is 0 Å². The number of piperidine rings is 1. The number of likely N-dealkylation sites (tertiary alicyclic amines) is 1. The van der Waals surface area contributed by atoms with Gasteiger partial charge in [0.2, 0.25) is 5.90 Å². The molecule has 0 spiro atoms. The molecule has 12 nitrogen and oxygen atoms in total. The zero-order valence-corrected chi connectivity index (χ0v) is 24.5. The molecule has 1 saturated heterocycles. The molecule has 0 saturated carbocycles. The number of benzene rings is 2. The lowest BCUT2D eigenvalue weighted by Crippen LogP contribution is -2.47. The number of fused-ring (bicyclic) bond motifs is 1. The van der Waals surface area contributed by atoms with Crippen LogP contribution in [0, 0.1) is 0 Å². The number of carbonyl (C=O) groups is 1. The minimum absolute atomic E-state index is 0.0680. The summed E-state index contributed by atoms with van der Waals surface area (Å²) in [6.45, 7) is 3.42. The van der Waals surface area contributed by atoms with E-state index in [4.69, 9.17) is 26.8 Å². The van der Waals surface area contributed by atoms with Gasteiger partial charge in [-0.25, -0.2) is 14.8 Å². The van der Waals surface area contributed by atoms with Crippen molar-refractivity contribution >= 4 is 34.6 Å². The van der Waals surface area contributed by atoms with Gasteiger partial charge in [0.05, 0.1) is 30.7 Å². The van der Waals surface area contributed by atoms with Gasteiger partial charge in [-0.15, -0.1) is 0 Å². The van der Waals surface area contributed by atoms with E-state index in [2.05, 4.69) is 20.0 Å². The quantitative estimate of drug-likeness (QED) is 0.311. The van der Waals surface area contributed by atoms with Crippen LogP contribution in [0.15, 0.2) is 58.6 Å². The van der Waals surface area contributed by atoms with Crippen molar-refractivity contribution in [3.05, 3.63) is 80.9 Å². The maximum atomic E-state index is 13.4. The van der Waals surface area contributed by atoms with Crippen molar-refractivity contribution < 1.29 is 19.4 Å². The van der Waals surface area contributed by atoms with E-state index in [1.807, 2.05) is 42.5 Å². The van der Waals surface area contributed by atoms with Gasteiger partial charge in [-0.3, -0.25) is 18.9 Å². The summed E-state index contributed by atoms with van der Waals surface area (Å²) in [5.41, 5.74) is 8.52. The van der Waals surface area contributed by atoms with Crippen LogP contribution in [0.1, 0.15) is 29.5 Å². The second kappa shape index (κ2) is 11.8. The molecule has 2 aliphatic rings. The summed E-state index contributed by atoms with van der Waals surface area (Å²) in [6, 6.07) is 13.2. The van der Waals surface area contributed by atoms with Gasteiger partial charge in [0, 0.05) is 42.8 Å². The predicted octanol–water partition coefficient (Wildman–Crippen LogP) is 2.85. The van der Waals surface area contributed by atoms with E-state index >= 15 is 0 Å². The van der Waals surface area contributed by atoms with E-state index in [9.17, 15) is 14.7 Å². The first-order chi connectivity index (χ1) is 20.7. The fourth-order valence-corrected chi connectivity index (χ4v) is 5.85. The number of aromatic nitrogens is 4. The average molecular weight is 606 g/mol. The Morgan fingerprint density at radius 3 is 2.56 bits per heavy atom. The van der Waals surface area contributed by atoms with Crippen molar-refractivity contribution in [3.63, 3.8) is 0 Å². The number of halogens is 1. The number of aliphatic hydroxyl groups is 1. The fraction of sp³-hybridized carbons (Fsp3) is 0.367. The Kier molecular flexibility index (Phi) is 7.91. The Labute approximate surface area is 252 Å². The highest BCUT2D eigenvalue weighted by atomic mass is 35.5. The Morgan fingerprint density at radius 1 is 1.14 bits per heavy atom. The molecule has 6 rings (SSSR count). The number of rotatable bonds is 8. The number of aryl methyl sites for hydroxylation is 1. The first kappa shape index (κ1) is 28.8. The normalized spacial score (nSPS) is 16.7. The Morgan fingerprint density at radius 2 is 1.88 bits per heavy atom. The molecule has 43 heavy (non-hydrogen) atoms. The monoisotopic (exact) mass is 605 g/mol. The summed E-state index contributed by atoms with van der Waals surface area (Å²) in [6.07, 6.45) is 1.64. The number of nitrogens with two attached hydrogens (primary N) is 1. The third-order valence-corrected chi connectivity index (χ3v) is 8.30. The number of primary amides is 1. The number of carbonyl (C=O) groups excluding carboxylic acids is 1. The van der Waals surface area contributed by atoms with Gasteiger partial charge in [-0.2, -0.15) is 5.10 Å². The number of aliphatic imine (C=N–C) groups is 1. The average Bonchev–Trinajstić information content (AvgIpc) is 3.65. The van der Waals surface area contributed by atoms with Crippen molar-refractivity contribution in [3.8, 4) is 11.3 Å². The van der Waals surface area contributed by atoms with Crippen molar-refractivity contribution in [2.75, 3.05) is 26.2 Å². The Hall–Kier alpha value is -4.26. The van der Waals surface area contributed by atoms with E-state index in [1.165, 1.54) is 10.9 Å². The second-order valence-electron chi connectivity index (χ2n) is 11.0. The molecule has 224 valence electrons. The highest BCUT2D eigenvalue weighted by Crippen LogP contribution is 2.29. The van der Waals surface area contributed by atoms with Crippen LogP contribution in [-0.2, 0) is 36.2 Å². The number of nitrogens with zero attached hydrogens (tertiary/aromatic N) is 6. The van der Waals surface area contributed by atoms with Gasteiger partial charge in [0.25, 0.3) is 5.56 Å². The Bertz CT molecular complexity index is 1760. The van der Waals surface area contributed by atoms with Crippen LogP contribution in [-0.4, -0.2) is 73.2 Å². The molecule has 0 radical (unpaired) electrons. The lowest BCUT2D eigenvalue weighted by Gasteiger charge is -2.38. The smallest absolute Gasteiger partial charge is 0.404 e. The molecule has 2 aromatic carbocycles. The van der Waals surface area contributed by atoms with Crippen LogP contribution >= 0.6 is 11.6 Å². The van der Waals surface area contributed by atoms with E-state index in [1.54, 1.807) is 11.7 Å². The lowest BCUT2D eigenvalue weighted by molar-refractivity contribution is -0.0364. The second-order valence-corrected chi connectivity index (χ2v) is 11.4. The zero-order chi connectivity index (χ0) is 30.1. The maximum Gasteiger partial charge on any atom is 0.404 e. The highest BCUT2D eigenvalue weighted by molar-refractivity contribution is 6.31. The molecular formula is C30H32ClN7O5. The van der Waals surface area contributed by atoms with Crippen molar-refractivity contribution in [2.45, 2.75) is 38.1 Å². The van der Waals surface area contributed by atoms with Crippen LogP contribution in [0.4, 0.5) is 4.79 Å². The summed E-state index contributed by atoms with van der Waals surface area (Å²) in [4.78, 5) is 35.5. The molecule has 0 atom stereocenters. The van der Waals surface area contributed by atoms with Crippen molar-refractivity contribution in [2.24, 2.45) is 17.8 Å². The number of ether oxygens (including phenoxy) is 2. The first-order valence-electron chi connectivity index (χ1n) is 14.0. The molecular weight excluding hydrogens is 574 g/mol. The van der Waals surface area contributed by atoms with E-state index in [-0.39, 0.29) is 24.2 Å². The van der Waals surface area contributed by atoms with Gasteiger partial charge in [-0.05, 0) is 36.1 Å². The molecule has 1 amide bonds. The molecule has 4 heterocycles. The summed E-state index contributed by atoms with van der Waals surface area (Å²) >= 11 is 6.58. The Balaban J connectivity index is 1.12. The SMILES string of the molecule is Cn1nc2c(=O)n(CC3(O)CCN(Cc4ccc(C5=NCCO5)cc4Cl)CC3)cnc2c1-c1ccc(COC(N)=O)cc1. The number of hydrogen-bond donors (Lipinski definition) is 2. The maximum absolute atomic E-state index is 13.4. The summed E-state index contributed by atoms with van der Waals surface area (Å²) in [5, 5.41) is 16.5. The van der Waals surface area contributed by atoms with Crippen LogP contribution in [0.5, 0.6) is 0 Å². The van der Waals surface area contributed by atoms with Crippen molar-refractivity contribution in [1.29, 1.82) is 0 Å². The predicted molar refractivity (Wildman–Crippen MR) is 161 cm³/mol. The summed E-state index contributed by atoms with van der Waals surface area (Å²) in [5.74, 6) is 0.629. The summed E-state index contributed by atoms with van der Waals surface area (Å²) < 4.78 is 13.4. The first-order valence-corrected chi connectivity index (χ1v) is 14.4. The fourth-order valence-electron chi connectivity index (χ4n) is 5.61. The third-order valence-electron chi connectivity index (χ3n) is 7.95. The van der Waals surface area contributed by atoms with Crippen molar-refractivity contribution in [1.82, 2.24) is 24.2 Å². The molecule has 2 aliphatic heterocycles. The zero-order valence-electron chi connectivity index (χ0n) is 23.7. The van der Waals surface area contributed by atoms with Crippen LogP contribution < -0.4 is 11.3 Å². The molecule has 0 bridgehead atoms. The third kappa shape index (κ3) is 6.12. The molecule has 1 fully saturated rings. The number of amides is 1. The molecule has 3 N–H and O–H groups in total. The molecule has 0 aliphatic carbocycles. The summed E-state index contributed by atoms with van der Waals surface area (Å²) in [7, 11) is 1.75. The van der Waals surface area contributed by atoms with E-state index < -0.39 is 11.7 Å². The van der Waals surface area contributed by atoms with Gasteiger partial charge in [-0.1, -0.05) is 41.9 Å². The van der Waals surface area contributed by atoms with Crippen LogP contribution in [0.2, 0.25) is 5.02 Å². The number of hydrogen-bond acceptors (Lipinski definition) is 9. The van der Waals surface area contributed by atoms with Gasteiger partial charge < -0.3 is 20.3 Å². The topological polar surface area (TPSA) is 150 Å². The van der Waals surface area contributed by atoms with E-state index in [0.717, 1.165) is 22.3 Å². The minimum Gasteiger partial charge on any atom is -0.476 e. The molecule has 0 unspecified atom stereocenters. The minimum atomic E-state index is -1.05. The van der Waals surface area contributed by atoms with E-state index in [0.29, 0.717) is 67.8 Å². The molecule has 13 heteroatoms.